The van der Waals surface area contributed by atoms with Gasteiger partial charge in [0, 0.05) is 16.2 Å². The van der Waals surface area contributed by atoms with Crippen molar-refractivity contribution in [1.82, 2.24) is 0 Å². The van der Waals surface area contributed by atoms with Gasteiger partial charge in [0.1, 0.15) is 11.2 Å². The van der Waals surface area contributed by atoms with Gasteiger partial charge in [0.05, 0.1) is 6.54 Å². The Morgan fingerprint density at radius 3 is 2.05 bits per heavy atom. The van der Waals surface area contributed by atoms with Crippen molar-refractivity contribution < 1.29 is 4.42 Å². The molecular weight excluding hydrogens is 534 g/mol. The van der Waals surface area contributed by atoms with Gasteiger partial charge in [-0.15, -0.1) is 0 Å². The van der Waals surface area contributed by atoms with E-state index in [1.807, 2.05) is 12.1 Å². The van der Waals surface area contributed by atoms with E-state index in [4.69, 9.17) is 4.42 Å². The van der Waals surface area contributed by atoms with Crippen molar-refractivity contribution in [2.24, 2.45) is 4.99 Å². The van der Waals surface area contributed by atoms with Crippen molar-refractivity contribution in [2.75, 3.05) is 0 Å². The third kappa shape index (κ3) is 4.13. The maximum Gasteiger partial charge on any atom is 0.135 e. The minimum atomic E-state index is -0.0136. The maximum atomic E-state index is 6.16. The largest absolute Gasteiger partial charge is 0.456 e. The minimum Gasteiger partial charge on any atom is -0.456 e. The van der Waals surface area contributed by atoms with Crippen LogP contribution >= 0.6 is 0 Å². The van der Waals surface area contributed by atoms with Gasteiger partial charge in [-0.1, -0.05) is 105 Å². The van der Waals surface area contributed by atoms with Crippen molar-refractivity contribution in [3.8, 4) is 44.5 Å². The predicted molar refractivity (Wildman–Crippen MR) is 186 cm³/mol. The van der Waals surface area contributed by atoms with E-state index < -0.39 is 0 Å². The van der Waals surface area contributed by atoms with E-state index in [-0.39, 0.29) is 5.41 Å². The summed E-state index contributed by atoms with van der Waals surface area (Å²) in [6.45, 7) is 11.1. The number of aryl methyl sites for hydroxylation is 1. The van der Waals surface area contributed by atoms with Gasteiger partial charge in [0.25, 0.3) is 0 Å². The highest BCUT2D eigenvalue weighted by atomic mass is 16.3. The highest BCUT2D eigenvalue weighted by Crippen LogP contribution is 2.49. The maximum absolute atomic E-state index is 6.16. The molecule has 0 radical (unpaired) electrons. The first kappa shape index (κ1) is 26.4. The molecule has 0 bridgehead atoms. The molecule has 2 nitrogen and oxygen atoms in total. The second-order valence-electron chi connectivity index (χ2n) is 12.6. The van der Waals surface area contributed by atoms with Crippen LogP contribution in [-0.4, -0.2) is 6.72 Å². The molecule has 1 aliphatic rings. The molecule has 7 aromatic rings. The summed E-state index contributed by atoms with van der Waals surface area (Å²) in [7, 11) is 0. The molecule has 8 rings (SSSR count). The van der Waals surface area contributed by atoms with E-state index in [1.165, 1.54) is 61.2 Å². The number of benzene rings is 6. The summed E-state index contributed by atoms with van der Waals surface area (Å²) in [5.74, 6) is 0. The molecule has 0 unspecified atom stereocenters. The highest BCUT2D eigenvalue weighted by Gasteiger charge is 2.35. The van der Waals surface area contributed by atoms with Gasteiger partial charge in [-0.3, -0.25) is 4.99 Å². The Kier molecular flexibility index (Phi) is 5.96. The zero-order valence-corrected chi connectivity index (χ0v) is 25.3. The van der Waals surface area contributed by atoms with Gasteiger partial charge in [-0.2, -0.15) is 0 Å². The summed E-state index contributed by atoms with van der Waals surface area (Å²) in [6, 6.07) is 44.3. The second kappa shape index (κ2) is 9.92. The summed E-state index contributed by atoms with van der Waals surface area (Å²) >= 11 is 0. The fraction of sp³-hybridized carbons (Fsp3) is 0.119. The number of hydrogen-bond donors (Lipinski definition) is 0. The van der Waals surface area contributed by atoms with E-state index in [2.05, 4.69) is 142 Å². The molecule has 0 spiro atoms. The van der Waals surface area contributed by atoms with E-state index in [9.17, 15) is 0 Å². The quantitative estimate of drug-likeness (QED) is 0.190. The predicted octanol–water partition coefficient (Wildman–Crippen LogP) is 11.4. The number of fused-ring (bicyclic) bond motifs is 6. The van der Waals surface area contributed by atoms with Crippen molar-refractivity contribution in [2.45, 2.75) is 32.7 Å². The van der Waals surface area contributed by atoms with Gasteiger partial charge >= 0.3 is 0 Å². The molecule has 1 heterocycles. The minimum absolute atomic E-state index is 0.0136. The van der Waals surface area contributed by atoms with Crippen molar-refractivity contribution in [3.63, 3.8) is 0 Å². The molecule has 0 atom stereocenters. The Morgan fingerprint density at radius 1 is 0.591 bits per heavy atom. The first-order chi connectivity index (χ1) is 21.4. The highest BCUT2D eigenvalue weighted by molar-refractivity contribution is 6.08. The van der Waals surface area contributed by atoms with Crippen LogP contribution in [0, 0.1) is 6.92 Å². The Labute approximate surface area is 258 Å². The zero-order chi connectivity index (χ0) is 30.0. The Bertz CT molecular complexity index is 2250. The van der Waals surface area contributed by atoms with Gasteiger partial charge in [-0.25, -0.2) is 0 Å². The fourth-order valence-corrected chi connectivity index (χ4v) is 7.19. The zero-order valence-electron chi connectivity index (χ0n) is 25.3. The lowest BCUT2D eigenvalue weighted by atomic mass is 9.81. The summed E-state index contributed by atoms with van der Waals surface area (Å²) in [4.78, 5) is 4.13. The van der Waals surface area contributed by atoms with Crippen LogP contribution in [0.5, 0.6) is 0 Å². The van der Waals surface area contributed by atoms with Crippen LogP contribution in [0.4, 0.5) is 0 Å². The molecule has 0 saturated heterocycles. The average molecular weight is 568 g/mol. The smallest absolute Gasteiger partial charge is 0.135 e. The normalized spacial score (nSPS) is 13.2. The number of rotatable bonds is 5. The molecule has 1 aromatic heterocycles. The summed E-state index contributed by atoms with van der Waals surface area (Å²) < 4.78 is 6.16. The van der Waals surface area contributed by atoms with Crippen LogP contribution in [-0.2, 0) is 12.0 Å². The molecule has 212 valence electrons. The monoisotopic (exact) mass is 567 g/mol. The lowest BCUT2D eigenvalue weighted by Gasteiger charge is -2.22. The molecule has 0 fully saturated rings. The number of furan rings is 1. The van der Waals surface area contributed by atoms with Crippen LogP contribution < -0.4 is 0 Å². The molecule has 0 saturated carbocycles. The Hall–Kier alpha value is -5.21. The molecule has 44 heavy (non-hydrogen) atoms. The van der Waals surface area contributed by atoms with Crippen LogP contribution in [0.3, 0.4) is 0 Å². The fourth-order valence-electron chi connectivity index (χ4n) is 7.19. The molecule has 1 aliphatic carbocycles. The lowest BCUT2D eigenvalue weighted by molar-refractivity contribution is 0.660. The molecule has 0 N–H and O–H groups in total. The van der Waals surface area contributed by atoms with Crippen LogP contribution in [0.1, 0.15) is 36.1 Å². The van der Waals surface area contributed by atoms with Gasteiger partial charge in [-0.05, 0) is 111 Å². The number of aliphatic imine (C=N–C) groups is 1. The Balaban J connectivity index is 1.14. The van der Waals surface area contributed by atoms with Crippen LogP contribution in [0.15, 0.2) is 131 Å². The lowest BCUT2D eigenvalue weighted by Crippen LogP contribution is -2.14. The topological polar surface area (TPSA) is 25.5 Å². The molecule has 6 aromatic carbocycles. The van der Waals surface area contributed by atoms with E-state index in [0.29, 0.717) is 6.54 Å². The van der Waals surface area contributed by atoms with E-state index in [1.54, 1.807) is 0 Å². The summed E-state index contributed by atoms with van der Waals surface area (Å²) in [6.07, 6.45) is 0. The molecular formula is C42H33NO. The van der Waals surface area contributed by atoms with Crippen molar-refractivity contribution in [3.05, 3.63) is 144 Å². The third-order valence-corrected chi connectivity index (χ3v) is 9.41. The summed E-state index contributed by atoms with van der Waals surface area (Å²) in [5.41, 5.74) is 17.0. The molecule has 0 aliphatic heterocycles. The number of hydrogen-bond acceptors (Lipinski definition) is 2. The third-order valence-electron chi connectivity index (χ3n) is 9.41. The second-order valence-corrected chi connectivity index (χ2v) is 12.6. The van der Waals surface area contributed by atoms with Gasteiger partial charge in [0.15, 0.2) is 0 Å². The standard InChI is InChI=1S/C42H33NO/c1-26-20-32(22-33(21-26)30-16-18-35-34-9-5-6-10-37(34)42(2,3)38(35)24-30)28-14-12-27(13-15-28)29-17-19-39-36(23-29)41-31(25-43-4)8-7-11-40(41)44-39/h5-24H,4,25H2,1-3H3. The van der Waals surface area contributed by atoms with Gasteiger partial charge < -0.3 is 4.42 Å². The summed E-state index contributed by atoms with van der Waals surface area (Å²) in [5, 5.41) is 2.24. The SMILES string of the molecule is C=NCc1cccc2oc3ccc(-c4ccc(-c5cc(C)cc(-c6ccc7c(c6)C(C)(C)c6ccccc6-7)c5)cc4)cc3c12. The first-order valence-corrected chi connectivity index (χ1v) is 15.2. The molecule has 2 heteroatoms. The van der Waals surface area contributed by atoms with E-state index >= 15 is 0 Å². The average Bonchev–Trinajstić information content (AvgIpc) is 3.53. The van der Waals surface area contributed by atoms with Crippen molar-refractivity contribution in [1.29, 1.82) is 0 Å². The van der Waals surface area contributed by atoms with E-state index in [0.717, 1.165) is 27.5 Å². The van der Waals surface area contributed by atoms with Crippen molar-refractivity contribution >= 4 is 28.7 Å². The number of nitrogens with zero attached hydrogens (tertiary/aromatic N) is 1. The molecule has 0 amide bonds. The van der Waals surface area contributed by atoms with Gasteiger partial charge in [0.2, 0.25) is 0 Å². The van der Waals surface area contributed by atoms with Crippen LogP contribution in [0.25, 0.3) is 66.4 Å². The Morgan fingerprint density at radius 2 is 1.25 bits per heavy atom. The van der Waals surface area contributed by atoms with Crippen LogP contribution in [0.2, 0.25) is 0 Å². The first-order valence-electron chi connectivity index (χ1n) is 15.2.